The van der Waals surface area contributed by atoms with Crippen LogP contribution >= 0.6 is 0 Å². The summed E-state index contributed by atoms with van der Waals surface area (Å²) >= 11 is 0. The first-order valence-electron chi connectivity index (χ1n) is 8.99. The van der Waals surface area contributed by atoms with E-state index in [-0.39, 0.29) is 11.1 Å². The van der Waals surface area contributed by atoms with Gasteiger partial charge in [0.2, 0.25) is 0 Å². The van der Waals surface area contributed by atoms with E-state index in [1.807, 2.05) is 39.8 Å². The fourth-order valence-electron chi connectivity index (χ4n) is 3.59. The standard InChI is InChI=1S/C24H22O4/c1-13-9-17(23(25)26)5-7-19(13)21-11-16(4)22(12-15(21)3)20-8-6-18(24(27)28)10-14(20)2/h5-12H,1-4H3,(H,25,26)(H,27,28). The number of benzene rings is 3. The van der Waals surface area contributed by atoms with Crippen LogP contribution < -0.4 is 0 Å². The molecular formula is C24H22O4. The van der Waals surface area contributed by atoms with Gasteiger partial charge in [-0.15, -0.1) is 0 Å². The van der Waals surface area contributed by atoms with Gasteiger partial charge in [0.1, 0.15) is 0 Å². The molecule has 0 bridgehead atoms. The largest absolute Gasteiger partial charge is 0.478 e. The molecule has 0 radical (unpaired) electrons. The summed E-state index contributed by atoms with van der Waals surface area (Å²) < 4.78 is 0. The predicted molar refractivity (Wildman–Crippen MR) is 110 cm³/mol. The lowest BCUT2D eigenvalue weighted by molar-refractivity contribution is 0.0686. The number of aromatic carboxylic acids is 2. The van der Waals surface area contributed by atoms with E-state index in [0.717, 1.165) is 44.5 Å². The van der Waals surface area contributed by atoms with E-state index in [1.165, 1.54) is 0 Å². The zero-order chi connectivity index (χ0) is 20.6. The average molecular weight is 374 g/mol. The van der Waals surface area contributed by atoms with Crippen LogP contribution in [0.5, 0.6) is 0 Å². The van der Waals surface area contributed by atoms with Crippen molar-refractivity contribution < 1.29 is 19.8 Å². The minimum Gasteiger partial charge on any atom is -0.478 e. The maximum atomic E-state index is 11.2. The molecule has 3 aromatic carbocycles. The Labute approximate surface area is 164 Å². The molecule has 0 atom stereocenters. The topological polar surface area (TPSA) is 74.6 Å². The molecule has 3 aromatic rings. The molecule has 0 fully saturated rings. The molecule has 0 unspecified atom stereocenters. The molecule has 4 nitrogen and oxygen atoms in total. The monoisotopic (exact) mass is 374 g/mol. The van der Waals surface area contributed by atoms with E-state index >= 15 is 0 Å². The SMILES string of the molecule is Cc1cc(C(=O)O)ccc1-c1cc(C)c(-c2ccc(C(=O)O)cc2C)cc1C. The number of rotatable bonds is 4. The molecule has 142 valence electrons. The predicted octanol–water partition coefficient (Wildman–Crippen LogP) is 5.65. The van der Waals surface area contributed by atoms with Gasteiger partial charge in [-0.25, -0.2) is 9.59 Å². The third-order valence-corrected chi connectivity index (χ3v) is 5.10. The number of carbonyl (C=O) groups is 2. The molecular weight excluding hydrogens is 352 g/mol. The summed E-state index contributed by atoms with van der Waals surface area (Å²) in [6.07, 6.45) is 0. The number of carboxylic acids is 2. The lowest BCUT2D eigenvalue weighted by atomic mass is 9.88. The summed E-state index contributed by atoms with van der Waals surface area (Å²) in [5, 5.41) is 18.3. The van der Waals surface area contributed by atoms with Crippen LogP contribution in [-0.2, 0) is 0 Å². The van der Waals surface area contributed by atoms with Crippen LogP contribution in [0.25, 0.3) is 22.3 Å². The summed E-state index contributed by atoms with van der Waals surface area (Å²) in [7, 11) is 0. The lowest BCUT2D eigenvalue weighted by Crippen LogP contribution is -1.99. The van der Waals surface area contributed by atoms with Gasteiger partial charge in [0.15, 0.2) is 0 Å². The molecule has 0 saturated heterocycles. The first-order chi connectivity index (χ1) is 13.2. The summed E-state index contributed by atoms with van der Waals surface area (Å²) in [4.78, 5) is 22.4. The normalized spacial score (nSPS) is 10.7. The second-order valence-electron chi connectivity index (χ2n) is 7.15. The molecule has 28 heavy (non-hydrogen) atoms. The molecule has 0 aliphatic heterocycles. The van der Waals surface area contributed by atoms with Gasteiger partial charge in [0.25, 0.3) is 0 Å². The molecule has 0 amide bonds. The smallest absolute Gasteiger partial charge is 0.335 e. The van der Waals surface area contributed by atoms with Crippen LogP contribution in [0.2, 0.25) is 0 Å². The van der Waals surface area contributed by atoms with Gasteiger partial charge in [-0.1, -0.05) is 24.3 Å². The van der Waals surface area contributed by atoms with Crippen LogP contribution in [0.4, 0.5) is 0 Å². The first kappa shape index (κ1) is 19.4. The molecule has 0 heterocycles. The molecule has 0 aliphatic carbocycles. The van der Waals surface area contributed by atoms with Crippen LogP contribution in [0.15, 0.2) is 48.5 Å². The maximum Gasteiger partial charge on any atom is 0.335 e. The lowest BCUT2D eigenvalue weighted by Gasteiger charge is -2.16. The van der Waals surface area contributed by atoms with Crippen molar-refractivity contribution in [2.45, 2.75) is 27.7 Å². The van der Waals surface area contributed by atoms with E-state index in [1.54, 1.807) is 24.3 Å². The van der Waals surface area contributed by atoms with Crippen molar-refractivity contribution in [2.75, 3.05) is 0 Å². The van der Waals surface area contributed by atoms with Crippen molar-refractivity contribution in [2.24, 2.45) is 0 Å². The third-order valence-electron chi connectivity index (χ3n) is 5.10. The van der Waals surface area contributed by atoms with Crippen molar-refractivity contribution in [3.8, 4) is 22.3 Å². The quantitative estimate of drug-likeness (QED) is 0.619. The van der Waals surface area contributed by atoms with Crippen LogP contribution in [-0.4, -0.2) is 22.2 Å². The van der Waals surface area contributed by atoms with Crippen molar-refractivity contribution in [3.63, 3.8) is 0 Å². The second kappa shape index (κ2) is 7.31. The van der Waals surface area contributed by atoms with Gasteiger partial charge in [0.05, 0.1) is 11.1 Å². The third kappa shape index (κ3) is 3.54. The Morgan fingerprint density at radius 3 is 1.14 bits per heavy atom. The van der Waals surface area contributed by atoms with Crippen LogP contribution in [0.3, 0.4) is 0 Å². The summed E-state index contributed by atoms with van der Waals surface area (Å²) in [6.45, 7) is 7.89. The van der Waals surface area contributed by atoms with E-state index in [0.29, 0.717) is 0 Å². The maximum absolute atomic E-state index is 11.2. The van der Waals surface area contributed by atoms with E-state index in [4.69, 9.17) is 0 Å². The van der Waals surface area contributed by atoms with Gasteiger partial charge >= 0.3 is 11.9 Å². The highest BCUT2D eigenvalue weighted by molar-refractivity contribution is 5.90. The number of hydrogen-bond acceptors (Lipinski definition) is 2. The zero-order valence-electron chi connectivity index (χ0n) is 16.3. The minimum atomic E-state index is -0.932. The van der Waals surface area contributed by atoms with Gasteiger partial charge in [-0.2, -0.15) is 0 Å². The average Bonchev–Trinajstić information content (AvgIpc) is 2.63. The fourth-order valence-corrected chi connectivity index (χ4v) is 3.59. The summed E-state index contributed by atoms with van der Waals surface area (Å²) in [6, 6.07) is 14.6. The molecule has 0 aliphatic rings. The van der Waals surface area contributed by atoms with Crippen molar-refractivity contribution in [1.82, 2.24) is 0 Å². The molecule has 3 rings (SSSR count). The molecule has 0 aromatic heterocycles. The van der Waals surface area contributed by atoms with Gasteiger partial charge in [-0.3, -0.25) is 0 Å². The highest BCUT2D eigenvalue weighted by atomic mass is 16.4. The van der Waals surface area contributed by atoms with E-state index < -0.39 is 11.9 Å². The Morgan fingerprint density at radius 1 is 0.536 bits per heavy atom. The molecule has 4 heteroatoms. The van der Waals surface area contributed by atoms with E-state index in [9.17, 15) is 19.8 Å². The Bertz CT molecular complexity index is 1020. The van der Waals surface area contributed by atoms with Crippen LogP contribution in [0.1, 0.15) is 43.0 Å². The van der Waals surface area contributed by atoms with Crippen molar-refractivity contribution >= 4 is 11.9 Å². The molecule has 0 saturated carbocycles. The molecule has 0 spiro atoms. The van der Waals surface area contributed by atoms with E-state index in [2.05, 4.69) is 12.1 Å². The number of carboxylic acid groups (broad SMARTS) is 2. The number of hydrogen-bond donors (Lipinski definition) is 2. The van der Waals surface area contributed by atoms with Crippen molar-refractivity contribution in [3.05, 3.63) is 81.9 Å². The van der Waals surface area contributed by atoms with Gasteiger partial charge < -0.3 is 10.2 Å². The van der Waals surface area contributed by atoms with Crippen LogP contribution in [0, 0.1) is 27.7 Å². The zero-order valence-corrected chi connectivity index (χ0v) is 16.3. The van der Waals surface area contributed by atoms with Crippen molar-refractivity contribution in [1.29, 1.82) is 0 Å². The first-order valence-corrected chi connectivity index (χ1v) is 8.99. The summed E-state index contributed by atoms with van der Waals surface area (Å²) in [5.41, 5.74) is 8.69. The molecule has 2 N–H and O–H groups in total. The Balaban J connectivity index is 2.10. The fraction of sp³-hybridized carbons (Fsp3) is 0.167. The highest BCUT2D eigenvalue weighted by Gasteiger charge is 2.14. The second-order valence-corrected chi connectivity index (χ2v) is 7.15. The Kier molecular flexibility index (Phi) is 5.06. The highest BCUT2D eigenvalue weighted by Crippen LogP contribution is 2.35. The number of aryl methyl sites for hydroxylation is 4. The Morgan fingerprint density at radius 2 is 0.857 bits per heavy atom. The summed E-state index contributed by atoms with van der Waals surface area (Å²) in [5.74, 6) is -1.86. The Hall–Kier alpha value is -3.40. The minimum absolute atomic E-state index is 0.279. The van der Waals surface area contributed by atoms with Gasteiger partial charge in [-0.05, 0) is 96.5 Å². The van der Waals surface area contributed by atoms with Gasteiger partial charge in [0, 0.05) is 0 Å².